The SMILES string of the molecule is COc1cc2nc(C(C)Cl)n(C3CC3(C)C)c2cc1OC. The average molecular weight is 309 g/mol. The predicted molar refractivity (Wildman–Crippen MR) is 84.5 cm³/mol. The summed E-state index contributed by atoms with van der Waals surface area (Å²) in [5.74, 6) is 2.33. The number of benzene rings is 1. The number of nitrogens with zero attached hydrogens (tertiary/aromatic N) is 2. The summed E-state index contributed by atoms with van der Waals surface area (Å²) in [5, 5.41) is -0.134. The van der Waals surface area contributed by atoms with Crippen molar-refractivity contribution in [3.63, 3.8) is 0 Å². The van der Waals surface area contributed by atoms with E-state index in [-0.39, 0.29) is 5.38 Å². The lowest BCUT2D eigenvalue weighted by atomic mass is 10.2. The van der Waals surface area contributed by atoms with Crippen molar-refractivity contribution in [2.45, 2.75) is 38.6 Å². The van der Waals surface area contributed by atoms with Crippen LogP contribution in [0, 0.1) is 5.41 Å². The Kier molecular flexibility index (Phi) is 3.32. The fourth-order valence-electron chi connectivity index (χ4n) is 2.93. The standard InChI is InChI=1S/C16H21ClN2O2/c1-9(17)15-18-10-6-12(20-4)13(21-5)7-11(10)19(15)14-8-16(14,2)3/h6-7,9,14H,8H2,1-5H3. The molecule has 3 rings (SSSR count). The number of rotatable bonds is 4. The number of alkyl halides is 1. The van der Waals surface area contributed by atoms with Crippen molar-refractivity contribution in [3.8, 4) is 11.5 Å². The molecule has 1 aromatic carbocycles. The summed E-state index contributed by atoms with van der Waals surface area (Å²) in [6, 6.07) is 4.36. The summed E-state index contributed by atoms with van der Waals surface area (Å²) in [5.41, 5.74) is 2.25. The second-order valence-electron chi connectivity index (χ2n) is 6.36. The number of imidazole rings is 1. The van der Waals surface area contributed by atoms with Crippen molar-refractivity contribution in [1.82, 2.24) is 9.55 Å². The Hall–Kier alpha value is -1.42. The van der Waals surface area contributed by atoms with Crippen molar-refractivity contribution in [2.75, 3.05) is 14.2 Å². The number of halogens is 1. The molecule has 0 radical (unpaired) electrons. The molecule has 1 aliphatic carbocycles. The van der Waals surface area contributed by atoms with Gasteiger partial charge in [0.1, 0.15) is 5.82 Å². The predicted octanol–water partition coefficient (Wildman–Crippen LogP) is 4.32. The Morgan fingerprint density at radius 1 is 1.29 bits per heavy atom. The van der Waals surface area contributed by atoms with Gasteiger partial charge in [-0.3, -0.25) is 0 Å². The zero-order valence-electron chi connectivity index (χ0n) is 13.1. The molecule has 4 nitrogen and oxygen atoms in total. The molecule has 1 heterocycles. The van der Waals surface area contributed by atoms with Crippen LogP contribution in [0.2, 0.25) is 0 Å². The third kappa shape index (κ3) is 2.26. The molecule has 0 saturated heterocycles. The van der Waals surface area contributed by atoms with Crippen LogP contribution in [-0.4, -0.2) is 23.8 Å². The third-order valence-electron chi connectivity index (χ3n) is 4.35. The number of methoxy groups -OCH3 is 2. The van der Waals surface area contributed by atoms with E-state index >= 15 is 0 Å². The Labute approximate surface area is 130 Å². The van der Waals surface area contributed by atoms with Crippen LogP contribution >= 0.6 is 11.6 Å². The molecular weight excluding hydrogens is 288 g/mol. The highest BCUT2D eigenvalue weighted by Gasteiger charge is 2.48. The highest BCUT2D eigenvalue weighted by Crippen LogP contribution is 2.57. The van der Waals surface area contributed by atoms with E-state index < -0.39 is 0 Å². The maximum Gasteiger partial charge on any atom is 0.163 e. The molecule has 2 unspecified atom stereocenters. The first-order valence-corrected chi connectivity index (χ1v) is 7.60. The summed E-state index contributed by atoms with van der Waals surface area (Å²) in [7, 11) is 3.28. The molecule has 114 valence electrons. The molecule has 1 saturated carbocycles. The van der Waals surface area contributed by atoms with Gasteiger partial charge in [-0.15, -0.1) is 11.6 Å². The van der Waals surface area contributed by atoms with Crippen LogP contribution < -0.4 is 9.47 Å². The van der Waals surface area contributed by atoms with Crippen LogP contribution in [0.15, 0.2) is 12.1 Å². The summed E-state index contributed by atoms with van der Waals surface area (Å²) in [6.07, 6.45) is 1.14. The highest BCUT2D eigenvalue weighted by atomic mass is 35.5. The largest absolute Gasteiger partial charge is 0.493 e. The quantitative estimate of drug-likeness (QED) is 0.789. The number of hydrogen-bond acceptors (Lipinski definition) is 3. The van der Waals surface area contributed by atoms with Gasteiger partial charge in [-0.25, -0.2) is 4.98 Å². The van der Waals surface area contributed by atoms with Gasteiger partial charge >= 0.3 is 0 Å². The van der Waals surface area contributed by atoms with E-state index in [9.17, 15) is 0 Å². The lowest BCUT2D eigenvalue weighted by Gasteiger charge is -2.13. The minimum atomic E-state index is -0.134. The first-order valence-electron chi connectivity index (χ1n) is 7.17. The molecule has 1 aliphatic rings. The smallest absolute Gasteiger partial charge is 0.163 e. The van der Waals surface area contributed by atoms with E-state index in [1.165, 1.54) is 0 Å². The Balaban J connectivity index is 2.25. The topological polar surface area (TPSA) is 36.3 Å². The summed E-state index contributed by atoms with van der Waals surface area (Å²) < 4.78 is 13.1. The van der Waals surface area contributed by atoms with Crippen LogP contribution in [0.4, 0.5) is 0 Å². The number of ether oxygens (including phenoxy) is 2. The van der Waals surface area contributed by atoms with Crippen LogP contribution in [-0.2, 0) is 0 Å². The van der Waals surface area contributed by atoms with Crippen molar-refractivity contribution < 1.29 is 9.47 Å². The minimum absolute atomic E-state index is 0.134. The van der Waals surface area contributed by atoms with Crippen molar-refractivity contribution in [2.24, 2.45) is 5.41 Å². The van der Waals surface area contributed by atoms with Gasteiger partial charge in [-0.05, 0) is 18.8 Å². The Morgan fingerprint density at radius 2 is 1.86 bits per heavy atom. The van der Waals surface area contributed by atoms with Gasteiger partial charge in [-0.2, -0.15) is 0 Å². The molecule has 2 atom stereocenters. The van der Waals surface area contributed by atoms with Crippen molar-refractivity contribution in [1.29, 1.82) is 0 Å². The number of hydrogen-bond donors (Lipinski definition) is 0. The number of fused-ring (bicyclic) bond motifs is 1. The molecule has 0 amide bonds. The summed E-state index contributed by atoms with van der Waals surface area (Å²) in [6.45, 7) is 6.50. The van der Waals surface area contributed by atoms with Crippen LogP contribution in [0.25, 0.3) is 11.0 Å². The lowest BCUT2D eigenvalue weighted by Crippen LogP contribution is -2.06. The van der Waals surface area contributed by atoms with Crippen molar-refractivity contribution >= 4 is 22.6 Å². The molecule has 2 aromatic rings. The monoisotopic (exact) mass is 308 g/mol. The third-order valence-corrected chi connectivity index (χ3v) is 4.55. The first-order chi connectivity index (χ1) is 9.89. The zero-order valence-corrected chi connectivity index (χ0v) is 13.9. The normalized spacial score (nSPS) is 21.3. The second-order valence-corrected chi connectivity index (χ2v) is 7.02. The lowest BCUT2D eigenvalue weighted by molar-refractivity contribution is 0.355. The van der Waals surface area contributed by atoms with Gasteiger partial charge in [0, 0.05) is 18.2 Å². The molecule has 0 aliphatic heterocycles. The maximum absolute atomic E-state index is 6.35. The molecule has 21 heavy (non-hydrogen) atoms. The fourth-order valence-corrected chi connectivity index (χ4v) is 3.08. The summed E-state index contributed by atoms with van der Waals surface area (Å²) >= 11 is 6.35. The van der Waals surface area contributed by atoms with E-state index in [0.29, 0.717) is 17.2 Å². The zero-order chi connectivity index (χ0) is 15.4. The Morgan fingerprint density at radius 3 is 2.33 bits per heavy atom. The number of aromatic nitrogens is 2. The van der Waals surface area contributed by atoms with E-state index in [1.807, 2.05) is 19.1 Å². The fraction of sp³-hybridized carbons (Fsp3) is 0.562. The molecule has 0 bridgehead atoms. The molecule has 0 spiro atoms. The van der Waals surface area contributed by atoms with Gasteiger partial charge in [-0.1, -0.05) is 13.8 Å². The summed E-state index contributed by atoms with van der Waals surface area (Å²) in [4.78, 5) is 4.72. The first kappa shape index (κ1) is 14.5. The highest BCUT2D eigenvalue weighted by molar-refractivity contribution is 6.20. The van der Waals surface area contributed by atoms with E-state index in [4.69, 9.17) is 26.1 Å². The van der Waals surface area contributed by atoms with Crippen LogP contribution in [0.3, 0.4) is 0 Å². The maximum atomic E-state index is 6.35. The van der Waals surface area contributed by atoms with Crippen LogP contribution in [0.1, 0.15) is 44.4 Å². The Bertz CT molecular complexity index is 691. The van der Waals surface area contributed by atoms with E-state index in [2.05, 4.69) is 18.4 Å². The van der Waals surface area contributed by atoms with Crippen molar-refractivity contribution in [3.05, 3.63) is 18.0 Å². The van der Waals surface area contributed by atoms with Gasteiger partial charge in [0.25, 0.3) is 0 Å². The molecule has 1 aromatic heterocycles. The molecular formula is C16H21ClN2O2. The van der Waals surface area contributed by atoms with Gasteiger partial charge < -0.3 is 14.0 Å². The average Bonchev–Trinajstić information content (AvgIpc) is 2.92. The van der Waals surface area contributed by atoms with Gasteiger partial charge in [0.05, 0.1) is 30.6 Å². The van der Waals surface area contributed by atoms with Crippen LogP contribution in [0.5, 0.6) is 11.5 Å². The van der Waals surface area contributed by atoms with E-state index in [0.717, 1.165) is 29.0 Å². The molecule has 0 N–H and O–H groups in total. The minimum Gasteiger partial charge on any atom is -0.493 e. The van der Waals surface area contributed by atoms with Gasteiger partial charge in [0.15, 0.2) is 11.5 Å². The van der Waals surface area contributed by atoms with E-state index in [1.54, 1.807) is 14.2 Å². The molecule has 1 fully saturated rings. The van der Waals surface area contributed by atoms with Gasteiger partial charge in [0.2, 0.25) is 0 Å². The molecule has 5 heteroatoms. The second kappa shape index (κ2) is 4.80.